The van der Waals surface area contributed by atoms with Crippen LogP contribution in [0.3, 0.4) is 0 Å². The van der Waals surface area contributed by atoms with Crippen molar-refractivity contribution in [3.05, 3.63) is 76.5 Å². The number of nitrogens with zero attached hydrogens (tertiary/aromatic N) is 2. The molecule has 0 unspecified atom stereocenters. The Morgan fingerprint density at radius 2 is 1.77 bits per heavy atom. The minimum atomic E-state index is -0.957. The van der Waals surface area contributed by atoms with Crippen LogP contribution in [0.4, 0.5) is 5.82 Å². The van der Waals surface area contributed by atoms with Crippen molar-refractivity contribution < 1.29 is 9.00 Å². The van der Waals surface area contributed by atoms with E-state index in [0.29, 0.717) is 22.9 Å². The van der Waals surface area contributed by atoms with Crippen molar-refractivity contribution in [1.29, 1.82) is 0 Å². The first-order valence-corrected chi connectivity index (χ1v) is 9.91. The van der Waals surface area contributed by atoms with Gasteiger partial charge < -0.3 is 5.32 Å². The zero-order chi connectivity index (χ0) is 18.3. The van der Waals surface area contributed by atoms with Crippen molar-refractivity contribution >= 4 is 22.5 Å². The molecule has 1 atom stereocenters. The van der Waals surface area contributed by atoms with Crippen LogP contribution in [-0.4, -0.2) is 19.9 Å². The molecule has 5 nitrogen and oxygen atoms in total. The smallest absolute Gasteiger partial charge is 0.256 e. The maximum atomic E-state index is 12.9. The zero-order valence-corrected chi connectivity index (χ0v) is 15.5. The summed E-state index contributed by atoms with van der Waals surface area (Å²) in [5, 5.41) is 7.61. The first kappa shape index (κ1) is 16.7. The van der Waals surface area contributed by atoms with Crippen molar-refractivity contribution in [2.75, 3.05) is 5.32 Å². The predicted octanol–water partition coefficient (Wildman–Crippen LogP) is 3.50. The van der Waals surface area contributed by atoms with E-state index < -0.39 is 10.8 Å². The van der Waals surface area contributed by atoms with Gasteiger partial charge in [-0.15, -0.1) is 0 Å². The Morgan fingerprint density at radius 1 is 1.08 bits per heavy atom. The van der Waals surface area contributed by atoms with Crippen LogP contribution in [0.1, 0.15) is 32.7 Å². The maximum absolute atomic E-state index is 12.9. The molecular formula is C20H19N3O2S. The van der Waals surface area contributed by atoms with E-state index in [1.54, 1.807) is 4.68 Å². The molecule has 0 saturated carbocycles. The van der Waals surface area contributed by atoms with Crippen LogP contribution in [0.5, 0.6) is 0 Å². The fraction of sp³-hybridized carbons (Fsp3) is 0.200. The number of aromatic nitrogens is 2. The van der Waals surface area contributed by atoms with Crippen LogP contribution < -0.4 is 5.32 Å². The molecule has 2 aromatic carbocycles. The van der Waals surface area contributed by atoms with E-state index in [4.69, 9.17) is 0 Å². The Bertz CT molecular complexity index is 1000. The summed E-state index contributed by atoms with van der Waals surface area (Å²) in [4.78, 5) is 12.9. The number of hydrogen-bond acceptors (Lipinski definition) is 3. The van der Waals surface area contributed by atoms with Crippen molar-refractivity contribution in [2.24, 2.45) is 0 Å². The average molecular weight is 365 g/mol. The van der Waals surface area contributed by atoms with Crippen LogP contribution in [0.2, 0.25) is 0 Å². The number of hydrogen-bond donors (Lipinski definition) is 1. The van der Waals surface area contributed by atoms with Gasteiger partial charge in [-0.3, -0.25) is 9.00 Å². The van der Waals surface area contributed by atoms with Gasteiger partial charge >= 0.3 is 0 Å². The van der Waals surface area contributed by atoms with E-state index in [-0.39, 0.29) is 5.91 Å². The number of carbonyl (C=O) groups excluding carboxylic acids is 1. The van der Waals surface area contributed by atoms with Crippen molar-refractivity contribution in [3.63, 3.8) is 0 Å². The molecule has 6 heteroatoms. The molecule has 0 saturated heterocycles. The molecule has 0 radical (unpaired) electrons. The number of anilines is 1. The third-order valence-corrected chi connectivity index (χ3v) is 5.59. The number of benzene rings is 2. The fourth-order valence-electron chi connectivity index (χ4n) is 3.30. The lowest BCUT2D eigenvalue weighted by Crippen LogP contribution is -2.17. The highest BCUT2D eigenvalue weighted by atomic mass is 32.2. The largest absolute Gasteiger partial charge is 0.306 e. The highest BCUT2D eigenvalue weighted by Crippen LogP contribution is 2.31. The molecule has 1 aromatic heterocycles. The van der Waals surface area contributed by atoms with Gasteiger partial charge in [0.15, 0.2) is 0 Å². The Morgan fingerprint density at radius 3 is 2.46 bits per heavy atom. The second kappa shape index (κ2) is 6.53. The topological polar surface area (TPSA) is 64.0 Å². The Balaban J connectivity index is 1.76. The van der Waals surface area contributed by atoms with Gasteiger partial charge in [0, 0.05) is 21.9 Å². The number of fused-ring (bicyclic) bond motifs is 1. The fourth-order valence-corrected chi connectivity index (χ4v) is 4.56. The molecule has 2 heterocycles. The SMILES string of the molecule is Cc1cc(C)cc(C(=O)Nc2c3c(nn2-c2ccccc2)C[S@](=O)C3)c1. The van der Waals surface area contributed by atoms with Crippen molar-refractivity contribution in [3.8, 4) is 5.69 Å². The standard InChI is InChI=1S/C20H19N3O2S/c1-13-8-14(2)10-15(9-13)20(24)21-19-17-11-26(25)12-18(17)22-23(19)16-6-4-3-5-7-16/h3-10H,11-12H2,1-2H3,(H,21,24)/t26-/m1/s1. The molecule has 1 N–H and O–H groups in total. The number of amides is 1. The van der Waals surface area contributed by atoms with Crippen LogP contribution in [0.15, 0.2) is 48.5 Å². The Labute approximate surface area is 154 Å². The van der Waals surface area contributed by atoms with Crippen molar-refractivity contribution in [2.45, 2.75) is 25.4 Å². The summed E-state index contributed by atoms with van der Waals surface area (Å²) in [5.41, 5.74) is 5.21. The van der Waals surface area contributed by atoms with Crippen LogP contribution in [0, 0.1) is 13.8 Å². The van der Waals surface area contributed by atoms with Gasteiger partial charge in [0.1, 0.15) is 5.82 Å². The molecule has 132 valence electrons. The first-order chi connectivity index (χ1) is 12.5. The average Bonchev–Trinajstić information content (AvgIpc) is 3.12. The quantitative estimate of drug-likeness (QED) is 0.773. The second-order valence-electron chi connectivity index (χ2n) is 6.58. The number of nitrogens with one attached hydrogen (secondary N) is 1. The lowest BCUT2D eigenvalue weighted by Gasteiger charge is -2.12. The van der Waals surface area contributed by atoms with E-state index in [1.165, 1.54) is 0 Å². The number of rotatable bonds is 3. The Kier molecular flexibility index (Phi) is 4.20. The minimum Gasteiger partial charge on any atom is -0.306 e. The summed E-state index contributed by atoms with van der Waals surface area (Å²) < 4.78 is 13.7. The van der Waals surface area contributed by atoms with Gasteiger partial charge in [-0.05, 0) is 38.1 Å². The van der Waals surface area contributed by atoms with Crippen LogP contribution in [0.25, 0.3) is 5.69 Å². The second-order valence-corrected chi connectivity index (χ2v) is 8.04. The summed E-state index contributed by atoms with van der Waals surface area (Å²) in [6.45, 7) is 3.94. The molecular weight excluding hydrogens is 346 g/mol. The number of carbonyl (C=O) groups is 1. The summed E-state index contributed by atoms with van der Waals surface area (Å²) in [6, 6.07) is 15.4. The minimum absolute atomic E-state index is 0.186. The molecule has 0 bridgehead atoms. The van der Waals surface area contributed by atoms with Crippen molar-refractivity contribution in [1.82, 2.24) is 9.78 Å². The Hall–Kier alpha value is -2.73. The first-order valence-electron chi connectivity index (χ1n) is 8.42. The third kappa shape index (κ3) is 3.08. The van der Waals surface area contributed by atoms with E-state index in [0.717, 1.165) is 28.1 Å². The third-order valence-electron chi connectivity index (χ3n) is 4.39. The normalized spacial score (nSPS) is 15.7. The van der Waals surface area contributed by atoms with Crippen LogP contribution in [-0.2, 0) is 22.3 Å². The number of aryl methyl sites for hydroxylation is 2. The highest BCUT2D eigenvalue weighted by molar-refractivity contribution is 7.83. The summed E-state index contributed by atoms with van der Waals surface area (Å²) in [6.07, 6.45) is 0. The van der Waals surface area contributed by atoms with E-state index >= 15 is 0 Å². The summed E-state index contributed by atoms with van der Waals surface area (Å²) in [5.74, 6) is 1.28. The van der Waals surface area contributed by atoms with Crippen LogP contribution >= 0.6 is 0 Å². The van der Waals surface area contributed by atoms with Gasteiger partial charge in [-0.1, -0.05) is 35.4 Å². The molecule has 1 aliphatic rings. The number of para-hydroxylation sites is 1. The highest BCUT2D eigenvalue weighted by Gasteiger charge is 2.28. The summed E-state index contributed by atoms with van der Waals surface area (Å²) in [7, 11) is -0.957. The van der Waals surface area contributed by atoms with Gasteiger partial charge in [0.25, 0.3) is 5.91 Å². The molecule has 3 aromatic rings. The maximum Gasteiger partial charge on any atom is 0.256 e. The van der Waals surface area contributed by atoms with E-state index in [9.17, 15) is 9.00 Å². The monoisotopic (exact) mass is 365 g/mol. The molecule has 4 rings (SSSR count). The molecule has 1 aliphatic heterocycles. The molecule has 0 aliphatic carbocycles. The molecule has 1 amide bonds. The molecule has 0 fully saturated rings. The summed E-state index contributed by atoms with van der Waals surface area (Å²) >= 11 is 0. The lowest BCUT2D eigenvalue weighted by molar-refractivity contribution is 0.102. The van der Waals surface area contributed by atoms with Gasteiger partial charge in [0.05, 0.1) is 22.9 Å². The van der Waals surface area contributed by atoms with E-state index in [2.05, 4.69) is 10.4 Å². The van der Waals surface area contributed by atoms with Gasteiger partial charge in [-0.25, -0.2) is 4.68 Å². The zero-order valence-electron chi connectivity index (χ0n) is 14.7. The van der Waals surface area contributed by atoms with Gasteiger partial charge in [-0.2, -0.15) is 5.10 Å². The lowest BCUT2D eigenvalue weighted by atomic mass is 10.1. The molecule has 0 spiro atoms. The predicted molar refractivity (Wildman–Crippen MR) is 103 cm³/mol. The van der Waals surface area contributed by atoms with Gasteiger partial charge in [0.2, 0.25) is 0 Å². The van der Waals surface area contributed by atoms with E-state index in [1.807, 2.05) is 62.4 Å². The molecule has 26 heavy (non-hydrogen) atoms.